The van der Waals surface area contributed by atoms with E-state index in [9.17, 15) is 4.79 Å². The quantitative estimate of drug-likeness (QED) is 0.740. The van der Waals surface area contributed by atoms with Gasteiger partial charge >= 0.3 is 0 Å². The van der Waals surface area contributed by atoms with Gasteiger partial charge in [0.15, 0.2) is 0 Å². The fourth-order valence-corrected chi connectivity index (χ4v) is 2.49. The number of hydrogen-bond donors (Lipinski definition) is 1. The van der Waals surface area contributed by atoms with Gasteiger partial charge < -0.3 is 10.1 Å². The summed E-state index contributed by atoms with van der Waals surface area (Å²) in [6, 6.07) is 14.7. The molecule has 0 aromatic heterocycles. The molecule has 25 heavy (non-hydrogen) atoms. The average molecular weight is 357 g/mol. The van der Waals surface area contributed by atoms with Crippen molar-refractivity contribution in [2.75, 3.05) is 6.61 Å². The SMILES string of the molecule is Cc1cc(OCCCC(=O)NC(C)c2ccc(C#N)cc2)ccc1Cl. The van der Waals surface area contributed by atoms with Gasteiger partial charge in [0.25, 0.3) is 0 Å². The standard InChI is InChI=1S/C20H21ClN2O2/c1-14-12-18(9-10-19(14)21)25-11-3-4-20(24)23-15(2)17-7-5-16(13-22)6-8-17/h5-10,12,15H,3-4,11H2,1-2H3,(H,23,24). The highest BCUT2D eigenvalue weighted by molar-refractivity contribution is 6.31. The summed E-state index contributed by atoms with van der Waals surface area (Å²) in [6.07, 6.45) is 1.03. The highest BCUT2D eigenvalue weighted by Gasteiger charge is 2.09. The molecular weight excluding hydrogens is 336 g/mol. The maximum Gasteiger partial charge on any atom is 0.220 e. The van der Waals surface area contributed by atoms with Crippen molar-refractivity contribution >= 4 is 17.5 Å². The maximum absolute atomic E-state index is 12.0. The first kappa shape index (κ1) is 18.8. The van der Waals surface area contributed by atoms with Gasteiger partial charge in [0, 0.05) is 11.4 Å². The molecule has 2 rings (SSSR count). The lowest BCUT2D eigenvalue weighted by atomic mass is 10.1. The van der Waals surface area contributed by atoms with Crippen molar-refractivity contribution < 1.29 is 9.53 Å². The summed E-state index contributed by atoms with van der Waals surface area (Å²) < 4.78 is 5.64. The van der Waals surface area contributed by atoms with Crippen molar-refractivity contribution in [3.8, 4) is 11.8 Å². The summed E-state index contributed by atoms with van der Waals surface area (Å²) in [5, 5.41) is 12.5. The van der Waals surface area contributed by atoms with Crippen LogP contribution in [0.4, 0.5) is 0 Å². The minimum absolute atomic E-state index is 0.0206. The number of hydrogen-bond acceptors (Lipinski definition) is 3. The molecule has 2 aromatic carbocycles. The normalized spacial score (nSPS) is 11.4. The molecule has 2 aromatic rings. The van der Waals surface area contributed by atoms with Crippen LogP contribution in [0.3, 0.4) is 0 Å². The predicted octanol–water partition coefficient (Wildman–Crippen LogP) is 4.56. The third-order valence-electron chi connectivity index (χ3n) is 3.86. The van der Waals surface area contributed by atoms with Crippen LogP contribution in [0.25, 0.3) is 0 Å². The average Bonchev–Trinajstić information content (AvgIpc) is 2.61. The Hall–Kier alpha value is -2.51. The van der Waals surface area contributed by atoms with Crippen molar-refractivity contribution in [3.05, 3.63) is 64.2 Å². The fraction of sp³-hybridized carbons (Fsp3) is 0.300. The van der Waals surface area contributed by atoms with E-state index >= 15 is 0 Å². The molecule has 0 aliphatic carbocycles. The van der Waals surface area contributed by atoms with E-state index in [0.717, 1.165) is 16.9 Å². The minimum atomic E-state index is -0.0972. The molecule has 1 N–H and O–H groups in total. The summed E-state index contributed by atoms with van der Waals surface area (Å²) in [6.45, 7) is 4.32. The number of nitriles is 1. The lowest BCUT2D eigenvalue weighted by molar-refractivity contribution is -0.121. The second-order valence-corrected chi connectivity index (χ2v) is 6.29. The highest BCUT2D eigenvalue weighted by Crippen LogP contribution is 2.21. The van der Waals surface area contributed by atoms with Gasteiger partial charge in [-0.1, -0.05) is 23.7 Å². The molecule has 0 spiro atoms. The largest absolute Gasteiger partial charge is 0.494 e. The van der Waals surface area contributed by atoms with Crippen molar-refractivity contribution in [3.63, 3.8) is 0 Å². The molecule has 0 bridgehead atoms. The Labute approximate surface area is 153 Å². The van der Waals surface area contributed by atoms with Gasteiger partial charge in [0.2, 0.25) is 5.91 Å². The number of halogens is 1. The molecule has 1 unspecified atom stereocenters. The van der Waals surface area contributed by atoms with Gasteiger partial charge in [-0.3, -0.25) is 4.79 Å². The number of amides is 1. The molecule has 0 aliphatic rings. The van der Waals surface area contributed by atoms with E-state index in [2.05, 4.69) is 11.4 Å². The Bertz CT molecular complexity index is 766. The van der Waals surface area contributed by atoms with Crippen LogP contribution in [-0.4, -0.2) is 12.5 Å². The number of nitrogens with one attached hydrogen (secondary N) is 1. The molecule has 4 nitrogen and oxygen atoms in total. The Morgan fingerprint density at radius 1 is 1.28 bits per heavy atom. The lowest BCUT2D eigenvalue weighted by Gasteiger charge is -2.14. The molecule has 0 radical (unpaired) electrons. The molecule has 0 saturated heterocycles. The Kier molecular flexibility index (Phi) is 6.85. The van der Waals surface area contributed by atoms with Crippen LogP contribution in [0.2, 0.25) is 5.02 Å². The Morgan fingerprint density at radius 2 is 2.00 bits per heavy atom. The molecule has 130 valence electrons. The molecule has 5 heteroatoms. The van der Waals surface area contributed by atoms with E-state index in [1.54, 1.807) is 18.2 Å². The third kappa shape index (κ3) is 5.81. The van der Waals surface area contributed by atoms with E-state index in [0.29, 0.717) is 30.0 Å². The summed E-state index contributed by atoms with van der Waals surface area (Å²) >= 11 is 5.98. The number of nitrogens with zero attached hydrogens (tertiary/aromatic N) is 1. The Balaban J connectivity index is 1.72. The number of carbonyl (C=O) groups is 1. The molecule has 0 saturated carbocycles. The molecule has 0 fully saturated rings. The van der Waals surface area contributed by atoms with Crippen LogP contribution in [0.1, 0.15) is 42.5 Å². The number of carbonyl (C=O) groups excluding carboxylic acids is 1. The van der Waals surface area contributed by atoms with Crippen LogP contribution in [-0.2, 0) is 4.79 Å². The maximum atomic E-state index is 12.0. The van der Waals surface area contributed by atoms with Gasteiger partial charge in [-0.2, -0.15) is 5.26 Å². The summed E-state index contributed by atoms with van der Waals surface area (Å²) in [4.78, 5) is 12.0. The minimum Gasteiger partial charge on any atom is -0.494 e. The third-order valence-corrected chi connectivity index (χ3v) is 4.29. The smallest absolute Gasteiger partial charge is 0.220 e. The number of benzene rings is 2. The zero-order chi connectivity index (χ0) is 18.2. The summed E-state index contributed by atoms with van der Waals surface area (Å²) in [5.41, 5.74) is 2.55. The van der Waals surface area contributed by atoms with E-state index < -0.39 is 0 Å². The summed E-state index contributed by atoms with van der Waals surface area (Å²) in [7, 11) is 0. The van der Waals surface area contributed by atoms with E-state index in [1.165, 1.54) is 0 Å². The lowest BCUT2D eigenvalue weighted by Crippen LogP contribution is -2.26. The molecule has 0 heterocycles. The highest BCUT2D eigenvalue weighted by atomic mass is 35.5. The fourth-order valence-electron chi connectivity index (χ4n) is 2.37. The first-order valence-electron chi connectivity index (χ1n) is 8.18. The van der Waals surface area contributed by atoms with Gasteiger partial charge in [0.1, 0.15) is 5.75 Å². The van der Waals surface area contributed by atoms with Gasteiger partial charge in [0.05, 0.1) is 24.3 Å². The monoisotopic (exact) mass is 356 g/mol. The Morgan fingerprint density at radius 3 is 2.64 bits per heavy atom. The number of ether oxygens (including phenoxy) is 1. The second kappa shape index (κ2) is 9.10. The molecule has 1 amide bonds. The van der Waals surface area contributed by atoms with E-state index in [1.807, 2.05) is 38.1 Å². The van der Waals surface area contributed by atoms with Crippen molar-refractivity contribution in [2.24, 2.45) is 0 Å². The first-order chi connectivity index (χ1) is 12.0. The van der Waals surface area contributed by atoms with Gasteiger partial charge in [-0.05, 0) is 61.7 Å². The second-order valence-electron chi connectivity index (χ2n) is 5.89. The van der Waals surface area contributed by atoms with Crippen LogP contribution < -0.4 is 10.1 Å². The van der Waals surface area contributed by atoms with Crippen LogP contribution in [0.5, 0.6) is 5.75 Å². The summed E-state index contributed by atoms with van der Waals surface area (Å²) in [5.74, 6) is 0.737. The van der Waals surface area contributed by atoms with Crippen molar-refractivity contribution in [1.82, 2.24) is 5.32 Å². The van der Waals surface area contributed by atoms with Gasteiger partial charge in [-0.15, -0.1) is 0 Å². The topological polar surface area (TPSA) is 62.1 Å². The zero-order valence-corrected chi connectivity index (χ0v) is 15.1. The van der Waals surface area contributed by atoms with Gasteiger partial charge in [-0.25, -0.2) is 0 Å². The number of rotatable bonds is 7. The van der Waals surface area contributed by atoms with Crippen molar-refractivity contribution in [2.45, 2.75) is 32.7 Å². The predicted molar refractivity (Wildman–Crippen MR) is 98.6 cm³/mol. The number of aryl methyl sites for hydroxylation is 1. The van der Waals surface area contributed by atoms with E-state index in [4.69, 9.17) is 21.6 Å². The zero-order valence-electron chi connectivity index (χ0n) is 14.4. The molecular formula is C20H21ClN2O2. The van der Waals surface area contributed by atoms with Crippen LogP contribution in [0.15, 0.2) is 42.5 Å². The molecule has 0 aliphatic heterocycles. The molecule has 1 atom stereocenters. The van der Waals surface area contributed by atoms with E-state index in [-0.39, 0.29) is 11.9 Å². The van der Waals surface area contributed by atoms with Crippen molar-refractivity contribution in [1.29, 1.82) is 5.26 Å². The first-order valence-corrected chi connectivity index (χ1v) is 8.56. The van der Waals surface area contributed by atoms with Crippen LogP contribution >= 0.6 is 11.6 Å². The van der Waals surface area contributed by atoms with Crippen LogP contribution in [0, 0.1) is 18.3 Å².